The van der Waals surface area contributed by atoms with Gasteiger partial charge in [-0.2, -0.15) is 0 Å². The highest BCUT2D eigenvalue weighted by Gasteiger charge is 2.62. The first-order valence-corrected chi connectivity index (χ1v) is 9.90. The molecule has 0 atom stereocenters. The molecule has 4 saturated carbocycles. The van der Waals surface area contributed by atoms with E-state index < -0.39 is 23.1 Å². The van der Waals surface area contributed by atoms with Crippen LogP contribution in [0.2, 0.25) is 0 Å². The van der Waals surface area contributed by atoms with E-state index in [9.17, 15) is 18.4 Å². The van der Waals surface area contributed by atoms with Gasteiger partial charge >= 0.3 is 0 Å². The van der Waals surface area contributed by atoms with Gasteiger partial charge in [-0.15, -0.1) is 0 Å². The van der Waals surface area contributed by atoms with Gasteiger partial charge in [0.25, 0.3) is 11.8 Å². The van der Waals surface area contributed by atoms with Crippen molar-refractivity contribution in [2.75, 3.05) is 0 Å². The first kappa shape index (κ1) is 17.1. The molecule has 5 aliphatic rings. The van der Waals surface area contributed by atoms with E-state index in [0.717, 1.165) is 55.7 Å². The molecular formula is C21H24F2N2O2. The van der Waals surface area contributed by atoms with Gasteiger partial charge in [0, 0.05) is 0 Å². The van der Waals surface area contributed by atoms with Crippen LogP contribution in [0.5, 0.6) is 0 Å². The number of hydrazine groups is 1. The second-order valence-corrected chi connectivity index (χ2v) is 9.37. The van der Waals surface area contributed by atoms with Crippen molar-refractivity contribution >= 4 is 11.8 Å². The van der Waals surface area contributed by atoms with Crippen LogP contribution in [0.4, 0.5) is 8.78 Å². The fourth-order valence-corrected chi connectivity index (χ4v) is 6.38. The molecule has 0 aromatic heterocycles. The van der Waals surface area contributed by atoms with Crippen LogP contribution in [0.3, 0.4) is 0 Å². The molecule has 4 nitrogen and oxygen atoms in total. The summed E-state index contributed by atoms with van der Waals surface area (Å²) in [4.78, 5) is 26.1. The van der Waals surface area contributed by atoms with Crippen molar-refractivity contribution in [3.05, 3.63) is 35.4 Å². The van der Waals surface area contributed by atoms with E-state index in [1.54, 1.807) is 18.9 Å². The predicted octanol–water partition coefficient (Wildman–Crippen LogP) is 3.77. The van der Waals surface area contributed by atoms with E-state index in [-0.39, 0.29) is 17.5 Å². The fourth-order valence-electron chi connectivity index (χ4n) is 6.38. The molecule has 1 heterocycles. The average molecular weight is 374 g/mol. The molecular weight excluding hydrogens is 350 g/mol. The van der Waals surface area contributed by atoms with Gasteiger partial charge in [-0.25, -0.2) is 18.8 Å². The van der Waals surface area contributed by atoms with Gasteiger partial charge in [0.1, 0.15) is 17.2 Å². The molecule has 1 aliphatic heterocycles. The van der Waals surface area contributed by atoms with Crippen molar-refractivity contribution < 1.29 is 18.4 Å². The van der Waals surface area contributed by atoms with Crippen molar-refractivity contribution in [2.45, 2.75) is 57.5 Å². The topological polar surface area (TPSA) is 40.6 Å². The smallest absolute Gasteiger partial charge is 0.270 e. The number of halogens is 2. The van der Waals surface area contributed by atoms with E-state index in [4.69, 9.17) is 0 Å². The molecule has 4 bridgehead atoms. The Kier molecular flexibility index (Phi) is 3.50. The molecule has 144 valence electrons. The SMILES string of the molecule is CC1(C)C(=O)N(C2C3CC4CC(C3)CC2C4)N1C(=O)c1cc(F)ccc1F. The molecule has 5 fully saturated rings. The maximum absolute atomic E-state index is 14.2. The second-order valence-electron chi connectivity index (χ2n) is 9.37. The summed E-state index contributed by atoms with van der Waals surface area (Å²) in [5.74, 6) is 0.168. The van der Waals surface area contributed by atoms with Crippen molar-refractivity contribution in [1.82, 2.24) is 10.0 Å². The molecule has 0 spiro atoms. The minimum Gasteiger partial charge on any atom is -0.270 e. The Balaban J connectivity index is 1.50. The third-order valence-corrected chi connectivity index (χ3v) is 7.29. The highest BCUT2D eigenvalue weighted by molar-refractivity contribution is 6.04. The summed E-state index contributed by atoms with van der Waals surface area (Å²) in [7, 11) is 0. The molecule has 0 N–H and O–H groups in total. The number of rotatable bonds is 2. The minimum absolute atomic E-state index is 0.0129. The molecule has 2 amide bonds. The molecule has 1 aromatic rings. The summed E-state index contributed by atoms with van der Waals surface area (Å²) < 4.78 is 27.9. The van der Waals surface area contributed by atoms with Crippen LogP contribution < -0.4 is 0 Å². The number of hydrogen-bond donors (Lipinski definition) is 0. The maximum atomic E-state index is 14.2. The van der Waals surface area contributed by atoms with Gasteiger partial charge < -0.3 is 0 Å². The van der Waals surface area contributed by atoms with Crippen molar-refractivity contribution in [3.8, 4) is 0 Å². The van der Waals surface area contributed by atoms with Gasteiger partial charge in [0.05, 0.1) is 11.6 Å². The third kappa shape index (κ3) is 2.31. The van der Waals surface area contributed by atoms with Gasteiger partial charge in [0.2, 0.25) is 0 Å². The molecule has 0 unspecified atom stereocenters. The number of benzene rings is 1. The Labute approximate surface area is 157 Å². The van der Waals surface area contributed by atoms with Crippen molar-refractivity contribution in [2.24, 2.45) is 23.7 Å². The highest BCUT2D eigenvalue weighted by Crippen LogP contribution is 2.57. The fraction of sp³-hybridized carbons (Fsp3) is 0.619. The summed E-state index contributed by atoms with van der Waals surface area (Å²) >= 11 is 0. The first-order valence-electron chi connectivity index (χ1n) is 9.90. The lowest BCUT2D eigenvalue weighted by Crippen LogP contribution is -2.80. The molecule has 27 heavy (non-hydrogen) atoms. The number of carbonyl (C=O) groups excluding carboxylic acids is 2. The Morgan fingerprint density at radius 1 is 1.04 bits per heavy atom. The van der Waals surface area contributed by atoms with Gasteiger partial charge in [-0.1, -0.05) is 0 Å². The molecule has 6 heteroatoms. The zero-order chi connectivity index (χ0) is 19.1. The van der Waals surface area contributed by atoms with E-state index in [1.165, 1.54) is 11.4 Å². The van der Waals surface area contributed by atoms with E-state index >= 15 is 0 Å². The lowest BCUT2D eigenvalue weighted by atomic mass is 9.53. The molecule has 4 aliphatic carbocycles. The Morgan fingerprint density at radius 2 is 1.63 bits per heavy atom. The highest BCUT2D eigenvalue weighted by atomic mass is 19.1. The van der Waals surface area contributed by atoms with Gasteiger partial charge in [0.15, 0.2) is 0 Å². The molecule has 0 radical (unpaired) electrons. The number of amides is 2. The van der Waals surface area contributed by atoms with Crippen LogP contribution in [0.1, 0.15) is 56.3 Å². The monoisotopic (exact) mass is 374 g/mol. The Hall–Kier alpha value is -1.98. The molecule has 6 rings (SSSR count). The zero-order valence-electron chi connectivity index (χ0n) is 15.6. The Bertz CT molecular complexity index is 809. The summed E-state index contributed by atoms with van der Waals surface area (Å²) in [5.41, 5.74) is -1.35. The number of carbonyl (C=O) groups is 2. The Morgan fingerprint density at radius 3 is 2.22 bits per heavy atom. The van der Waals surface area contributed by atoms with E-state index in [2.05, 4.69) is 0 Å². The summed E-state index contributed by atoms with van der Waals surface area (Å²) in [6.07, 6.45) is 5.74. The quantitative estimate of drug-likeness (QED) is 0.791. The van der Waals surface area contributed by atoms with E-state index in [1.807, 2.05) is 0 Å². The van der Waals surface area contributed by atoms with Crippen LogP contribution in [-0.4, -0.2) is 33.4 Å². The van der Waals surface area contributed by atoms with Gasteiger partial charge in [-0.3, -0.25) is 9.59 Å². The minimum atomic E-state index is -1.04. The predicted molar refractivity (Wildman–Crippen MR) is 94.3 cm³/mol. The number of hydrogen-bond acceptors (Lipinski definition) is 2. The van der Waals surface area contributed by atoms with Gasteiger partial charge in [-0.05, 0) is 87.8 Å². The lowest BCUT2D eigenvalue weighted by molar-refractivity contribution is -0.230. The third-order valence-electron chi connectivity index (χ3n) is 7.29. The first-order chi connectivity index (χ1) is 12.8. The van der Waals surface area contributed by atoms with Crippen LogP contribution >= 0.6 is 0 Å². The number of nitrogens with zero attached hydrogens (tertiary/aromatic N) is 2. The van der Waals surface area contributed by atoms with Crippen molar-refractivity contribution in [1.29, 1.82) is 0 Å². The van der Waals surface area contributed by atoms with Crippen LogP contribution in [0.25, 0.3) is 0 Å². The van der Waals surface area contributed by atoms with Crippen molar-refractivity contribution in [3.63, 3.8) is 0 Å². The summed E-state index contributed by atoms with van der Waals surface area (Å²) in [5, 5.41) is 2.99. The van der Waals surface area contributed by atoms with Crippen LogP contribution in [0.15, 0.2) is 18.2 Å². The van der Waals surface area contributed by atoms with Crippen LogP contribution in [-0.2, 0) is 4.79 Å². The average Bonchev–Trinajstić information content (AvgIpc) is 2.61. The maximum Gasteiger partial charge on any atom is 0.276 e. The molecule has 1 aromatic carbocycles. The lowest BCUT2D eigenvalue weighted by Gasteiger charge is -2.65. The summed E-state index contributed by atoms with van der Waals surface area (Å²) in [6, 6.07) is 2.89. The molecule has 1 saturated heterocycles. The normalized spacial score (nSPS) is 36.1. The van der Waals surface area contributed by atoms with E-state index in [0.29, 0.717) is 11.8 Å². The second kappa shape index (κ2) is 5.52. The zero-order valence-corrected chi connectivity index (χ0v) is 15.6. The summed E-state index contributed by atoms with van der Waals surface area (Å²) in [6.45, 7) is 3.36. The largest absolute Gasteiger partial charge is 0.276 e. The standard InChI is InChI=1S/C21H24F2N2O2/c1-21(2)20(27)24(18-13-6-11-5-12(8-13)9-14(18)7-11)25(21)19(26)16-10-15(22)3-4-17(16)23/h3-4,10-14,18H,5-9H2,1-2H3. The van der Waals surface area contributed by atoms with Crippen LogP contribution in [0, 0.1) is 35.3 Å².